The van der Waals surface area contributed by atoms with Gasteiger partial charge in [0.2, 0.25) is 10.0 Å². The maximum absolute atomic E-state index is 13.5. The first-order valence-corrected chi connectivity index (χ1v) is 7.19. The number of sulfonamides is 1. The molecule has 0 amide bonds. The maximum Gasteiger partial charge on any atom is 0.243 e. The standard InChI is InChI=1S/C12H13FN4O2S/c1-8-5-16-10(6-15-8)7-17-20(18,19)12-4-9(14)2-3-11(12)13/h2-6,17H,7,14H2,1H3. The Labute approximate surface area is 115 Å². The van der Waals surface area contributed by atoms with Crippen molar-refractivity contribution in [3.8, 4) is 0 Å². The summed E-state index contributed by atoms with van der Waals surface area (Å²) in [7, 11) is -3.99. The summed E-state index contributed by atoms with van der Waals surface area (Å²) in [4.78, 5) is 7.51. The molecule has 0 radical (unpaired) electrons. The highest BCUT2D eigenvalue weighted by atomic mass is 32.2. The normalized spacial score (nSPS) is 11.5. The fraction of sp³-hybridized carbons (Fsp3) is 0.167. The van der Waals surface area contributed by atoms with Crippen LogP contribution < -0.4 is 10.5 Å². The first-order valence-electron chi connectivity index (χ1n) is 5.71. The molecular formula is C12H13FN4O2S. The molecule has 0 unspecified atom stereocenters. The molecular weight excluding hydrogens is 283 g/mol. The second-order valence-electron chi connectivity index (χ2n) is 4.16. The quantitative estimate of drug-likeness (QED) is 0.820. The van der Waals surface area contributed by atoms with Crippen LogP contribution in [0.5, 0.6) is 0 Å². The van der Waals surface area contributed by atoms with E-state index in [2.05, 4.69) is 14.7 Å². The Bertz CT molecular complexity index is 717. The lowest BCUT2D eigenvalue weighted by Gasteiger charge is -2.08. The van der Waals surface area contributed by atoms with Crippen molar-refractivity contribution in [2.75, 3.05) is 5.73 Å². The number of rotatable bonds is 4. The van der Waals surface area contributed by atoms with Gasteiger partial charge in [0.05, 0.1) is 24.1 Å². The number of hydrogen-bond donors (Lipinski definition) is 2. The Morgan fingerprint density at radius 2 is 2.05 bits per heavy atom. The van der Waals surface area contributed by atoms with Crippen LogP contribution in [0.15, 0.2) is 35.5 Å². The Kier molecular flexibility index (Phi) is 3.96. The van der Waals surface area contributed by atoms with E-state index in [9.17, 15) is 12.8 Å². The molecule has 6 nitrogen and oxygen atoms in total. The Balaban J connectivity index is 2.19. The molecule has 0 bridgehead atoms. The fourth-order valence-corrected chi connectivity index (χ4v) is 2.59. The van der Waals surface area contributed by atoms with Gasteiger partial charge in [0.15, 0.2) is 0 Å². The average molecular weight is 296 g/mol. The van der Waals surface area contributed by atoms with Crippen LogP contribution in [-0.2, 0) is 16.6 Å². The summed E-state index contributed by atoms with van der Waals surface area (Å²) in [5.41, 5.74) is 6.79. The third-order valence-corrected chi connectivity index (χ3v) is 3.94. The third kappa shape index (κ3) is 3.28. The third-order valence-electron chi connectivity index (χ3n) is 2.52. The molecule has 0 aliphatic carbocycles. The van der Waals surface area contributed by atoms with Crippen LogP contribution in [0.25, 0.3) is 0 Å². The van der Waals surface area contributed by atoms with Gasteiger partial charge < -0.3 is 5.73 Å². The Morgan fingerprint density at radius 1 is 1.30 bits per heavy atom. The van der Waals surface area contributed by atoms with Crippen molar-refractivity contribution in [2.45, 2.75) is 18.4 Å². The highest BCUT2D eigenvalue weighted by Crippen LogP contribution is 2.17. The molecule has 2 aromatic rings. The molecule has 8 heteroatoms. The van der Waals surface area contributed by atoms with E-state index in [1.807, 2.05) is 0 Å². The lowest BCUT2D eigenvalue weighted by atomic mass is 10.3. The highest BCUT2D eigenvalue weighted by Gasteiger charge is 2.19. The smallest absolute Gasteiger partial charge is 0.243 e. The Hall–Kier alpha value is -2.06. The van der Waals surface area contributed by atoms with Crippen molar-refractivity contribution in [1.29, 1.82) is 0 Å². The van der Waals surface area contributed by atoms with Crippen molar-refractivity contribution in [3.63, 3.8) is 0 Å². The van der Waals surface area contributed by atoms with E-state index >= 15 is 0 Å². The van der Waals surface area contributed by atoms with Gasteiger partial charge in [-0.25, -0.2) is 17.5 Å². The zero-order chi connectivity index (χ0) is 14.8. The SMILES string of the molecule is Cc1cnc(CNS(=O)(=O)c2cc(N)ccc2F)cn1. The van der Waals surface area contributed by atoms with Gasteiger partial charge in [-0.2, -0.15) is 0 Å². The van der Waals surface area contributed by atoms with Crippen molar-refractivity contribution in [1.82, 2.24) is 14.7 Å². The van der Waals surface area contributed by atoms with Crippen LogP contribution in [0.2, 0.25) is 0 Å². The molecule has 0 saturated carbocycles. The number of halogens is 1. The number of hydrogen-bond acceptors (Lipinski definition) is 5. The number of nitrogens with two attached hydrogens (primary N) is 1. The van der Waals surface area contributed by atoms with Gasteiger partial charge in [0, 0.05) is 11.9 Å². The molecule has 1 heterocycles. The molecule has 20 heavy (non-hydrogen) atoms. The van der Waals surface area contributed by atoms with Gasteiger partial charge >= 0.3 is 0 Å². The molecule has 0 atom stereocenters. The van der Waals surface area contributed by atoms with Gasteiger partial charge in [-0.3, -0.25) is 9.97 Å². The van der Waals surface area contributed by atoms with E-state index in [0.29, 0.717) is 5.69 Å². The van der Waals surface area contributed by atoms with Crippen molar-refractivity contribution in [2.24, 2.45) is 0 Å². The monoisotopic (exact) mass is 296 g/mol. The first kappa shape index (κ1) is 14.4. The zero-order valence-corrected chi connectivity index (χ0v) is 11.5. The minimum absolute atomic E-state index is 0.0795. The van der Waals surface area contributed by atoms with Gasteiger partial charge in [-0.1, -0.05) is 0 Å². The topological polar surface area (TPSA) is 98.0 Å². The second kappa shape index (κ2) is 5.51. The molecule has 0 fully saturated rings. The van der Waals surface area contributed by atoms with Crippen molar-refractivity contribution >= 4 is 15.7 Å². The summed E-state index contributed by atoms with van der Waals surface area (Å²) in [5, 5.41) is 0. The molecule has 0 aliphatic rings. The van der Waals surface area contributed by atoms with Crippen LogP contribution in [-0.4, -0.2) is 18.4 Å². The minimum atomic E-state index is -3.99. The molecule has 0 saturated heterocycles. The summed E-state index contributed by atoms with van der Waals surface area (Å²) >= 11 is 0. The van der Waals surface area contributed by atoms with Crippen LogP contribution >= 0.6 is 0 Å². The summed E-state index contributed by atoms with van der Waals surface area (Å²) < 4.78 is 39.8. The largest absolute Gasteiger partial charge is 0.399 e. The van der Waals surface area contributed by atoms with E-state index in [0.717, 1.165) is 17.8 Å². The number of benzene rings is 1. The summed E-state index contributed by atoms with van der Waals surface area (Å²) in [5.74, 6) is -0.860. The molecule has 3 N–H and O–H groups in total. The molecule has 1 aromatic carbocycles. The number of aromatic nitrogens is 2. The summed E-state index contributed by atoms with van der Waals surface area (Å²) in [6, 6.07) is 3.37. The second-order valence-corrected chi connectivity index (χ2v) is 5.90. The molecule has 2 rings (SSSR count). The molecule has 0 spiro atoms. The van der Waals surface area contributed by atoms with E-state index in [1.165, 1.54) is 18.5 Å². The summed E-state index contributed by atoms with van der Waals surface area (Å²) in [6.45, 7) is 1.69. The maximum atomic E-state index is 13.5. The van der Waals surface area contributed by atoms with E-state index in [4.69, 9.17) is 5.73 Å². The minimum Gasteiger partial charge on any atom is -0.399 e. The van der Waals surface area contributed by atoms with Crippen molar-refractivity contribution in [3.05, 3.63) is 47.8 Å². The molecule has 1 aromatic heterocycles. The molecule has 106 valence electrons. The Morgan fingerprint density at radius 3 is 2.70 bits per heavy atom. The van der Waals surface area contributed by atoms with Crippen LogP contribution in [0.3, 0.4) is 0 Å². The van der Waals surface area contributed by atoms with Gasteiger partial charge in [0.1, 0.15) is 10.7 Å². The lowest BCUT2D eigenvalue weighted by Crippen LogP contribution is -2.25. The van der Waals surface area contributed by atoms with Crippen molar-refractivity contribution < 1.29 is 12.8 Å². The number of nitrogens with zero attached hydrogens (tertiary/aromatic N) is 2. The average Bonchev–Trinajstić information content (AvgIpc) is 2.41. The van der Waals surface area contributed by atoms with E-state index in [1.54, 1.807) is 6.92 Å². The van der Waals surface area contributed by atoms with Gasteiger partial charge in [-0.05, 0) is 25.1 Å². The number of anilines is 1. The van der Waals surface area contributed by atoms with Crippen LogP contribution in [0.4, 0.5) is 10.1 Å². The zero-order valence-electron chi connectivity index (χ0n) is 10.7. The van der Waals surface area contributed by atoms with E-state index in [-0.39, 0.29) is 12.2 Å². The van der Waals surface area contributed by atoms with E-state index < -0.39 is 20.7 Å². The van der Waals surface area contributed by atoms with Crippen LogP contribution in [0, 0.1) is 12.7 Å². The fourth-order valence-electron chi connectivity index (χ4n) is 1.48. The lowest BCUT2D eigenvalue weighted by molar-refractivity contribution is 0.556. The summed E-state index contributed by atoms with van der Waals surface area (Å²) in [6.07, 6.45) is 2.97. The van der Waals surface area contributed by atoms with Crippen LogP contribution in [0.1, 0.15) is 11.4 Å². The number of aryl methyl sites for hydroxylation is 1. The number of nitrogen functional groups attached to an aromatic ring is 1. The highest BCUT2D eigenvalue weighted by molar-refractivity contribution is 7.89. The van der Waals surface area contributed by atoms with Gasteiger partial charge in [0.25, 0.3) is 0 Å². The number of nitrogens with one attached hydrogen (secondary N) is 1. The predicted molar refractivity (Wildman–Crippen MR) is 71.6 cm³/mol. The first-order chi connectivity index (χ1) is 9.38. The molecule has 0 aliphatic heterocycles. The van der Waals surface area contributed by atoms with Gasteiger partial charge in [-0.15, -0.1) is 0 Å². The predicted octanol–water partition coefficient (Wildman–Crippen LogP) is 0.985.